The van der Waals surface area contributed by atoms with Crippen LogP contribution in [-0.4, -0.2) is 19.6 Å². The molecule has 0 radical (unpaired) electrons. The van der Waals surface area contributed by atoms with Gasteiger partial charge in [-0.05, 0) is 54.2 Å². The SMILES string of the molecule is COc1cc2c(cc1Cl)C1=CC(=O)CC[C@]1(CCF)C2. The van der Waals surface area contributed by atoms with E-state index in [0.717, 1.165) is 29.5 Å². The number of alkyl halides is 1. The van der Waals surface area contributed by atoms with Crippen molar-refractivity contribution < 1.29 is 13.9 Å². The van der Waals surface area contributed by atoms with E-state index in [1.54, 1.807) is 13.2 Å². The van der Waals surface area contributed by atoms with Crippen molar-refractivity contribution in [2.24, 2.45) is 5.41 Å². The van der Waals surface area contributed by atoms with Crippen molar-refractivity contribution in [3.63, 3.8) is 0 Å². The Morgan fingerprint density at radius 1 is 1.45 bits per heavy atom. The molecular weight excluding hydrogens is 279 g/mol. The van der Waals surface area contributed by atoms with Gasteiger partial charge in [-0.25, -0.2) is 0 Å². The second-order valence-electron chi connectivity index (χ2n) is 5.56. The summed E-state index contributed by atoms with van der Waals surface area (Å²) in [6.45, 7) is -0.371. The van der Waals surface area contributed by atoms with Crippen LogP contribution in [0.4, 0.5) is 4.39 Å². The molecule has 2 aliphatic carbocycles. The average molecular weight is 295 g/mol. The Bertz CT molecular complexity index is 609. The average Bonchev–Trinajstić information content (AvgIpc) is 2.72. The van der Waals surface area contributed by atoms with E-state index in [9.17, 15) is 9.18 Å². The molecule has 0 fully saturated rings. The van der Waals surface area contributed by atoms with Gasteiger partial charge in [0.05, 0.1) is 18.8 Å². The summed E-state index contributed by atoms with van der Waals surface area (Å²) in [5, 5.41) is 0.529. The van der Waals surface area contributed by atoms with Gasteiger partial charge in [-0.1, -0.05) is 11.6 Å². The molecule has 1 aromatic rings. The van der Waals surface area contributed by atoms with Gasteiger partial charge in [0.25, 0.3) is 0 Å². The van der Waals surface area contributed by atoms with E-state index in [2.05, 4.69) is 0 Å². The second-order valence-corrected chi connectivity index (χ2v) is 5.97. The van der Waals surface area contributed by atoms with Gasteiger partial charge in [0, 0.05) is 11.8 Å². The molecule has 1 atom stereocenters. The zero-order chi connectivity index (χ0) is 14.3. The van der Waals surface area contributed by atoms with E-state index < -0.39 is 0 Å². The third-order valence-electron chi connectivity index (χ3n) is 4.50. The van der Waals surface area contributed by atoms with Gasteiger partial charge in [0.2, 0.25) is 0 Å². The molecule has 0 saturated heterocycles. The standard InChI is InChI=1S/C16H16ClFO2/c1-20-15-6-10-9-16(4-5-18)3-2-11(19)7-13(16)12(10)8-14(15)17/h6-8H,2-5,9H2,1H3/t16-/m0/s1. The first-order chi connectivity index (χ1) is 9.59. The zero-order valence-corrected chi connectivity index (χ0v) is 12.1. The summed E-state index contributed by atoms with van der Waals surface area (Å²) in [6, 6.07) is 3.77. The normalized spacial score (nSPS) is 24.1. The highest BCUT2D eigenvalue weighted by Crippen LogP contribution is 2.55. The summed E-state index contributed by atoms with van der Waals surface area (Å²) in [7, 11) is 1.58. The van der Waals surface area contributed by atoms with Gasteiger partial charge < -0.3 is 4.74 Å². The number of ketones is 1. The molecule has 3 rings (SSSR count). The number of carbonyl (C=O) groups is 1. The molecule has 1 aromatic carbocycles. The van der Waals surface area contributed by atoms with Crippen LogP contribution in [0.2, 0.25) is 5.02 Å². The lowest BCUT2D eigenvalue weighted by molar-refractivity contribution is -0.115. The molecule has 0 aromatic heterocycles. The van der Waals surface area contributed by atoms with Crippen LogP contribution in [0.1, 0.15) is 30.4 Å². The molecule has 0 bridgehead atoms. The number of ether oxygens (including phenoxy) is 1. The fraction of sp³-hybridized carbons (Fsp3) is 0.438. The molecule has 20 heavy (non-hydrogen) atoms. The van der Waals surface area contributed by atoms with Crippen molar-refractivity contribution in [1.29, 1.82) is 0 Å². The zero-order valence-electron chi connectivity index (χ0n) is 11.3. The van der Waals surface area contributed by atoms with Crippen molar-refractivity contribution in [2.45, 2.75) is 25.7 Å². The van der Waals surface area contributed by atoms with E-state index in [0.29, 0.717) is 23.6 Å². The van der Waals surface area contributed by atoms with Gasteiger partial charge in [-0.3, -0.25) is 9.18 Å². The highest BCUT2D eigenvalue weighted by Gasteiger charge is 2.44. The topological polar surface area (TPSA) is 26.3 Å². The molecule has 106 valence electrons. The molecule has 0 spiro atoms. The Labute approximate surface area is 122 Å². The third kappa shape index (κ3) is 1.96. The largest absolute Gasteiger partial charge is 0.495 e. The first-order valence-electron chi connectivity index (χ1n) is 6.77. The Balaban J connectivity index is 2.15. The predicted octanol–water partition coefficient (Wildman–Crippen LogP) is 4.00. The monoisotopic (exact) mass is 294 g/mol. The van der Waals surface area contributed by atoms with Gasteiger partial charge in [-0.2, -0.15) is 0 Å². The van der Waals surface area contributed by atoms with E-state index >= 15 is 0 Å². The molecule has 2 nitrogen and oxygen atoms in total. The van der Waals surface area contributed by atoms with Crippen LogP contribution in [0.25, 0.3) is 5.57 Å². The summed E-state index contributed by atoms with van der Waals surface area (Å²) >= 11 is 6.19. The number of methoxy groups -OCH3 is 1. The highest BCUT2D eigenvalue weighted by molar-refractivity contribution is 6.32. The minimum atomic E-state index is -0.371. The first-order valence-corrected chi connectivity index (χ1v) is 7.15. The summed E-state index contributed by atoms with van der Waals surface area (Å²) in [5.41, 5.74) is 2.81. The molecule has 0 unspecified atom stereocenters. The number of carbonyl (C=O) groups excluding carboxylic acids is 1. The first kappa shape index (κ1) is 13.6. The van der Waals surface area contributed by atoms with E-state index in [1.807, 2.05) is 12.1 Å². The number of hydrogen-bond donors (Lipinski definition) is 0. The highest BCUT2D eigenvalue weighted by atomic mass is 35.5. The Hall–Kier alpha value is -1.35. The Kier molecular flexibility index (Phi) is 3.33. The van der Waals surface area contributed by atoms with Crippen LogP contribution in [0.5, 0.6) is 5.75 Å². The molecular formula is C16H16ClFO2. The minimum absolute atomic E-state index is 0.120. The summed E-state index contributed by atoms with van der Waals surface area (Å²) in [4.78, 5) is 11.7. The van der Waals surface area contributed by atoms with Crippen LogP contribution in [0, 0.1) is 5.41 Å². The van der Waals surface area contributed by atoms with Gasteiger partial charge in [0.15, 0.2) is 5.78 Å². The smallest absolute Gasteiger partial charge is 0.156 e. The van der Waals surface area contributed by atoms with Crippen molar-refractivity contribution in [2.75, 3.05) is 13.8 Å². The van der Waals surface area contributed by atoms with Gasteiger partial charge >= 0.3 is 0 Å². The van der Waals surface area contributed by atoms with Crippen LogP contribution >= 0.6 is 11.6 Å². The number of hydrogen-bond acceptors (Lipinski definition) is 2. The van der Waals surface area contributed by atoms with E-state index in [1.165, 1.54) is 0 Å². The molecule has 0 heterocycles. The van der Waals surface area contributed by atoms with Gasteiger partial charge in [-0.15, -0.1) is 0 Å². The molecule has 0 aliphatic heterocycles. The number of halogens is 2. The Morgan fingerprint density at radius 2 is 2.25 bits per heavy atom. The lowest BCUT2D eigenvalue weighted by atomic mass is 9.71. The number of rotatable bonds is 3. The summed E-state index contributed by atoms with van der Waals surface area (Å²) < 4.78 is 18.2. The van der Waals surface area contributed by atoms with Crippen LogP contribution in [0.15, 0.2) is 18.2 Å². The van der Waals surface area contributed by atoms with E-state index in [4.69, 9.17) is 16.3 Å². The van der Waals surface area contributed by atoms with Crippen molar-refractivity contribution in [3.8, 4) is 5.75 Å². The van der Waals surface area contributed by atoms with Crippen molar-refractivity contribution >= 4 is 23.0 Å². The maximum absolute atomic E-state index is 13.0. The number of benzene rings is 1. The second kappa shape index (κ2) is 4.88. The Morgan fingerprint density at radius 3 is 2.95 bits per heavy atom. The number of fused-ring (bicyclic) bond motifs is 3. The molecule has 2 aliphatic rings. The summed E-state index contributed by atoms with van der Waals surface area (Å²) in [5.74, 6) is 0.751. The summed E-state index contributed by atoms with van der Waals surface area (Å²) in [6.07, 6.45) is 4.13. The molecule has 0 saturated carbocycles. The maximum Gasteiger partial charge on any atom is 0.156 e. The van der Waals surface area contributed by atoms with E-state index in [-0.39, 0.29) is 17.9 Å². The lowest BCUT2D eigenvalue weighted by Gasteiger charge is -2.32. The molecule has 4 heteroatoms. The fourth-order valence-electron chi connectivity index (χ4n) is 3.47. The minimum Gasteiger partial charge on any atom is -0.495 e. The van der Waals surface area contributed by atoms with Crippen molar-refractivity contribution in [1.82, 2.24) is 0 Å². The number of allylic oxidation sites excluding steroid dienone is 2. The van der Waals surface area contributed by atoms with Gasteiger partial charge in [0.1, 0.15) is 5.75 Å². The quantitative estimate of drug-likeness (QED) is 0.842. The lowest BCUT2D eigenvalue weighted by Crippen LogP contribution is -2.26. The van der Waals surface area contributed by atoms with Crippen LogP contribution < -0.4 is 4.74 Å². The molecule has 0 N–H and O–H groups in total. The predicted molar refractivity (Wildman–Crippen MR) is 77.0 cm³/mol. The maximum atomic E-state index is 13.0. The van der Waals surface area contributed by atoms with Crippen LogP contribution in [0.3, 0.4) is 0 Å². The van der Waals surface area contributed by atoms with Crippen LogP contribution in [-0.2, 0) is 11.2 Å². The van der Waals surface area contributed by atoms with Crippen molar-refractivity contribution in [3.05, 3.63) is 34.4 Å². The third-order valence-corrected chi connectivity index (χ3v) is 4.79. The fourth-order valence-corrected chi connectivity index (χ4v) is 3.71. The molecule has 0 amide bonds.